The number of benzodiazepines with no additional fused rings is 1. The summed E-state index contributed by atoms with van der Waals surface area (Å²) in [6.07, 6.45) is 3.99. The van der Waals surface area contributed by atoms with Crippen LogP contribution in [-0.4, -0.2) is 37.1 Å². The van der Waals surface area contributed by atoms with Crippen LogP contribution >= 0.6 is 48.0 Å². The van der Waals surface area contributed by atoms with E-state index in [1.807, 2.05) is 36.4 Å². The Labute approximate surface area is 176 Å². The van der Waals surface area contributed by atoms with Crippen LogP contribution < -0.4 is 4.90 Å². The van der Waals surface area contributed by atoms with Gasteiger partial charge in [-0.25, -0.2) is 0 Å². The molecule has 1 N–H and O–H groups in total. The van der Waals surface area contributed by atoms with Crippen molar-refractivity contribution in [1.82, 2.24) is 0 Å². The smallest absolute Gasteiger partial charge is 0.0668 e. The molecule has 0 radical (unpaired) electrons. The highest BCUT2D eigenvalue weighted by Gasteiger charge is 2.16. The molecular formula is C19H20Cl4N2O. The molecule has 1 heterocycles. The summed E-state index contributed by atoms with van der Waals surface area (Å²) in [7, 11) is 0. The van der Waals surface area contributed by atoms with Gasteiger partial charge in [-0.1, -0.05) is 53.5 Å². The molecule has 26 heavy (non-hydrogen) atoms. The Morgan fingerprint density at radius 3 is 2.54 bits per heavy atom. The molecule has 2 aromatic rings. The Morgan fingerprint density at radius 1 is 1.04 bits per heavy atom. The molecule has 1 aliphatic rings. The molecule has 0 spiro atoms. The first-order valence-corrected chi connectivity index (χ1v) is 8.57. The summed E-state index contributed by atoms with van der Waals surface area (Å²) in [4.78, 5) is 6.87. The maximum Gasteiger partial charge on any atom is 0.0668 e. The van der Waals surface area contributed by atoms with E-state index in [1.54, 1.807) is 6.07 Å². The maximum absolute atomic E-state index is 9.29. The molecule has 0 unspecified atom stereocenters. The zero-order chi connectivity index (χ0) is 16.9. The topological polar surface area (TPSA) is 35.8 Å². The Balaban J connectivity index is 0.00000169. The highest BCUT2D eigenvalue weighted by Crippen LogP contribution is 2.25. The minimum atomic E-state index is 0. The third kappa shape index (κ3) is 5.38. The van der Waals surface area contributed by atoms with E-state index in [9.17, 15) is 5.11 Å². The van der Waals surface area contributed by atoms with Crippen LogP contribution in [0.25, 0.3) is 6.08 Å². The van der Waals surface area contributed by atoms with Gasteiger partial charge in [0.05, 0.1) is 28.9 Å². The van der Waals surface area contributed by atoms with Crippen molar-refractivity contribution in [2.24, 2.45) is 4.99 Å². The van der Waals surface area contributed by atoms with Gasteiger partial charge in [0, 0.05) is 24.3 Å². The monoisotopic (exact) mass is 432 g/mol. The number of aliphatic hydroxyl groups is 1. The van der Waals surface area contributed by atoms with E-state index in [-0.39, 0.29) is 31.4 Å². The molecule has 0 atom stereocenters. The van der Waals surface area contributed by atoms with Gasteiger partial charge in [0.15, 0.2) is 0 Å². The number of nitrogens with zero attached hydrogens (tertiary/aromatic N) is 2. The number of aliphatic hydroxyl groups excluding tert-OH is 1. The van der Waals surface area contributed by atoms with Crippen LogP contribution in [0.1, 0.15) is 11.1 Å². The summed E-state index contributed by atoms with van der Waals surface area (Å²) < 4.78 is 0. The quantitative estimate of drug-likeness (QED) is 0.723. The lowest BCUT2D eigenvalue weighted by atomic mass is 10.1. The van der Waals surface area contributed by atoms with E-state index in [1.165, 1.54) is 0 Å². The molecule has 0 amide bonds. The van der Waals surface area contributed by atoms with Crippen molar-refractivity contribution in [3.63, 3.8) is 0 Å². The zero-order valence-corrected chi connectivity index (χ0v) is 17.1. The molecule has 3 rings (SSSR count). The second-order valence-corrected chi connectivity index (χ2v) is 6.32. The number of allylic oxidation sites excluding steroid dienone is 1. The first-order valence-electron chi connectivity index (χ1n) is 7.82. The Kier molecular flexibility index (Phi) is 9.48. The third-order valence-corrected chi connectivity index (χ3v) is 4.66. The number of para-hydroxylation sites is 1. The molecule has 1 aliphatic heterocycles. The standard InChI is InChI=1S/C19H18Cl2N2O.2ClH/c20-16-7-5-14(13-17(16)21)6-8-18-15-3-1-2-4-19(15)23(11-12-24)10-9-22-18;;/h1-8,13,24H,9-12H2;2*1H. The Morgan fingerprint density at radius 2 is 1.81 bits per heavy atom. The molecule has 0 aliphatic carbocycles. The Hall–Kier alpha value is -1.23. The Bertz CT molecular complexity index is 793. The van der Waals surface area contributed by atoms with Gasteiger partial charge in [0.25, 0.3) is 0 Å². The van der Waals surface area contributed by atoms with E-state index in [4.69, 9.17) is 28.2 Å². The van der Waals surface area contributed by atoms with Crippen molar-refractivity contribution < 1.29 is 5.11 Å². The molecule has 0 saturated carbocycles. The van der Waals surface area contributed by atoms with Gasteiger partial charge in [-0.15, -0.1) is 24.8 Å². The predicted molar refractivity (Wildman–Crippen MR) is 117 cm³/mol. The zero-order valence-electron chi connectivity index (χ0n) is 13.9. The van der Waals surface area contributed by atoms with Crippen LogP contribution in [-0.2, 0) is 0 Å². The number of aliphatic imine (C=N–C) groups is 1. The number of β-amino-alcohol motifs (C(OH)–C–C–N with tert-alkyl or cyclic N) is 1. The minimum absolute atomic E-state index is 0. The van der Waals surface area contributed by atoms with E-state index in [0.717, 1.165) is 29.1 Å². The van der Waals surface area contributed by atoms with Crippen LogP contribution in [0.3, 0.4) is 0 Å². The van der Waals surface area contributed by atoms with Gasteiger partial charge in [-0.2, -0.15) is 0 Å². The summed E-state index contributed by atoms with van der Waals surface area (Å²) in [5.74, 6) is 0. The second kappa shape index (κ2) is 10.8. The molecule has 140 valence electrons. The lowest BCUT2D eigenvalue weighted by Crippen LogP contribution is -2.29. The summed E-state index contributed by atoms with van der Waals surface area (Å²) in [6.45, 7) is 2.22. The fourth-order valence-electron chi connectivity index (χ4n) is 2.75. The number of hydrogen-bond donors (Lipinski definition) is 1. The van der Waals surface area contributed by atoms with E-state index >= 15 is 0 Å². The first kappa shape index (κ1) is 22.8. The normalized spacial score (nSPS) is 13.3. The first-order chi connectivity index (χ1) is 11.7. The highest BCUT2D eigenvalue weighted by atomic mass is 35.5. The predicted octanol–water partition coefficient (Wildman–Crippen LogP) is 5.15. The summed E-state index contributed by atoms with van der Waals surface area (Å²) in [6, 6.07) is 13.7. The maximum atomic E-state index is 9.29. The fraction of sp³-hybridized carbons (Fsp3) is 0.211. The van der Waals surface area contributed by atoms with Crippen LogP contribution in [0, 0.1) is 0 Å². The van der Waals surface area contributed by atoms with Gasteiger partial charge in [0.2, 0.25) is 0 Å². The molecule has 0 fully saturated rings. The van der Waals surface area contributed by atoms with Crippen LogP contribution in [0.5, 0.6) is 0 Å². The van der Waals surface area contributed by atoms with E-state index in [2.05, 4.69) is 17.0 Å². The molecule has 0 bridgehead atoms. The summed E-state index contributed by atoms with van der Waals surface area (Å²) in [5, 5.41) is 10.4. The number of benzene rings is 2. The van der Waals surface area contributed by atoms with E-state index < -0.39 is 0 Å². The number of anilines is 1. The van der Waals surface area contributed by atoms with Crippen LogP contribution in [0.15, 0.2) is 53.5 Å². The summed E-state index contributed by atoms with van der Waals surface area (Å²) in [5.41, 5.74) is 4.07. The molecule has 0 saturated heterocycles. The van der Waals surface area contributed by atoms with Crippen molar-refractivity contribution in [1.29, 1.82) is 0 Å². The van der Waals surface area contributed by atoms with Gasteiger partial charge >= 0.3 is 0 Å². The van der Waals surface area contributed by atoms with Gasteiger partial charge < -0.3 is 10.0 Å². The minimum Gasteiger partial charge on any atom is -0.395 e. The molecule has 3 nitrogen and oxygen atoms in total. The largest absolute Gasteiger partial charge is 0.395 e. The van der Waals surface area contributed by atoms with Crippen LogP contribution in [0.4, 0.5) is 5.69 Å². The number of rotatable bonds is 4. The molecule has 2 aromatic carbocycles. The van der Waals surface area contributed by atoms with Crippen LogP contribution in [0.2, 0.25) is 10.0 Å². The molecule has 7 heteroatoms. The molecular weight excluding hydrogens is 414 g/mol. The van der Waals surface area contributed by atoms with Crippen molar-refractivity contribution in [2.45, 2.75) is 0 Å². The lowest BCUT2D eigenvalue weighted by Gasteiger charge is -2.23. The van der Waals surface area contributed by atoms with E-state index in [0.29, 0.717) is 23.1 Å². The van der Waals surface area contributed by atoms with Crippen molar-refractivity contribution in [3.05, 3.63) is 69.7 Å². The van der Waals surface area contributed by atoms with Crippen molar-refractivity contribution >= 4 is 65.5 Å². The third-order valence-electron chi connectivity index (χ3n) is 3.92. The summed E-state index contributed by atoms with van der Waals surface area (Å²) >= 11 is 12.0. The number of fused-ring (bicyclic) bond motifs is 1. The highest BCUT2D eigenvalue weighted by molar-refractivity contribution is 6.42. The van der Waals surface area contributed by atoms with Gasteiger partial charge in [0.1, 0.15) is 0 Å². The van der Waals surface area contributed by atoms with Crippen molar-refractivity contribution in [2.75, 3.05) is 31.1 Å². The fourth-order valence-corrected chi connectivity index (χ4v) is 3.06. The van der Waals surface area contributed by atoms with Gasteiger partial charge in [-0.05, 0) is 29.8 Å². The van der Waals surface area contributed by atoms with Crippen molar-refractivity contribution in [3.8, 4) is 0 Å². The molecule has 0 aromatic heterocycles. The average Bonchev–Trinajstić information content (AvgIpc) is 2.76. The lowest BCUT2D eigenvalue weighted by molar-refractivity contribution is 0.302. The second-order valence-electron chi connectivity index (χ2n) is 5.50. The number of hydrogen-bond acceptors (Lipinski definition) is 3. The van der Waals surface area contributed by atoms with Gasteiger partial charge in [-0.3, -0.25) is 4.99 Å². The average molecular weight is 434 g/mol. The SMILES string of the molecule is Cl.Cl.OCCN1CCN=C(C=Cc2ccc(Cl)c(Cl)c2)c2ccccc21. The number of halogens is 4.